The molecule has 0 bridgehead atoms. The minimum Gasteiger partial charge on any atom is -0.382 e. The minimum absolute atomic E-state index is 0.130. The van der Waals surface area contributed by atoms with Gasteiger partial charge in [0.15, 0.2) is 0 Å². The molecule has 1 atom stereocenters. The second-order valence-electron chi connectivity index (χ2n) is 5.40. The van der Waals surface area contributed by atoms with Gasteiger partial charge < -0.3 is 10.1 Å². The maximum Gasteiger partial charge on any atom is 0.274 e. The Labute approximate surface area is 110 Å². The fourth-order valence-electron chi connectivity index (χ4n) is 2.35. The molecule has 6 heteroatoms. The molecule has 0 saturated carbocycles. The molecule has 1 aliphatic rings. The lowest BCUT2D eigenvalue weighted by molar-refractivity contribution is -0.385. The first-order valence-corrected chi connectivity index (χ1v) is 6.21. The van der Waals surface area contributed by atoms with Gasteiger partial charge >= 0.3 is 0 Å². The molecular formula is C13H17FN2O3. The van der Waals surface area contributed by atoms with Crippen molar-refractivity contribution in [2.75, 3.05) is 11.9 Å². The summed E-state index contributed by atoms with van der Waals surface area (Å²) in [4.78, 5) is 10.1. The summed E-state index contributed by atoms with van der Waals surface area (Å²) in [6, 6.07) is 3.67. The summed E-state index contributed by atoms with van der Waals surface area (Å²) in [6.45, 7) is 4.62. The molecule has 1 heterocycles. The molecule has 0 amide bonds. The minimum atomic E-state index is -0.608. The molecule has 1 saturated heterocycles. The van der Waals surface area contributed by atoms with Gasteiger partial charge in [0.2, 0.25) is 0 Å². The predicted molar refractivity (Wildman–Crippen MR) is 69.7 cm³/mol. The van der Waals surface area contributed by atoms with Gasteiger partial charge in [-0.05, 0) is 32.8 Å². The molecule has 5 nitrogen and oxygen atoms in total. The standard InChI is InChI=1S/C13H17FN2O3/c1-13(2)8-10(3-4-19-13)15-11-5-9(14)6-12(7-11)16(17)18/h5-7,10,15H,3-4,8H2,1-2H3. The Kier molecular flexibility index (Phi) is 3.71. The predicted octanol–water partition coefficient (Wildman–Crippen LogP) is 3.10. The van der Waals surface area contributed by atoms with Gasteiger partial charge in [0.25, 0.3) is 5.69 Å². The van der Waals surface area contributed by atoms with Crippen LogP contribution >= 0.6 is 0 Å². The van der Waals surface area contributed by atoms with Gasteiger partial charge in [0, 0.05) is 24.4 Å². The number of nitro benzene ring substituents is 1. The van der Waals surface area contributed by atoms with Crippen LogP contribution in [0.2, 0.25) is 0 Å². The maximum atomic E-state index is 13.3. The van der Waals surface area contributed by atoms with Crippen LogP contribution in [0.3, 0.4) is 0 Å². The Morgan fingerprint density at radius 3 is 2.84 bits per heavy atom. The number of halogens is 1. The van der Waals surface area contributed by atoms with Crippen molar-refractivity contribution < 1.29 is 14.1 Å². The lowest BCUT2D eigenvalue weighted by atomic mass is 9.94. The van der Waals surface area contributed by atoms with E-state index in [1.807, 2.05) is 13.8 Å². The SMILES string of the molecule is CC1(C)CC(Nc2cc(F)cc([N+](=O)[O-])c2)CCO1. The van der Waals surface area contributed by atoms with Crippen molar-refractivity contribution in [3.05, 3.63) is 34.1 Å². The van der Waals surface area contributed by atoms with E-state index in [1.165, 1.54) is 12.1 Å². The van der Waals surface area contributed by atoms with Crippen LogP contribution in [0, 0.1) is 15.9 Å². The molecule has 104 valence electrons. The summed E-state index contributed by atoms with van der Waals surface area (Å²) < 4.78 is 18.9. The molecule has 0 spiro atoms. The molecule has 1 N–H and O–H groups in total. The number of hydrogen-bond donors (Lipinski definition) is 1. The molecule has 0 radical (unpaired) electrons. The van der Waals surface area contributed by atoms with Crippen molar-refractivity contribution in [2.45, 2.75) is 38.3 Å². The summed E-state index contributed by atoms with van der Waals surface area (Å²) in [5.74, 6) is -0.608. The van der Waals surface area contributed by atoms with Gasteiger partial charge in [-0.25, -0.2) is 4.39 Å². The fraction of sp³-hybridized carbons (Fsp3) is 0.538. The third-order valence-electron chi connectivity index (χ3n) is 3.16. The number of non-ortho nitro benzene ring substituents is 1. The van der Waals surface area contributed by atoms with Crippen molar-refractivity contribution in [1.82, 2.24) is 0 Å². The average molecular weight is 268 g/mol. The molecule has 0 aliphatic carbocycles. The number of nitro groups is 1. The lowest BCUT2D eigenvalue weighted by Gasteiger charge is -2.36. The van der Waals surface area contributed by atoms with Crippen LogP contribution in [0.15, 0.2) is 18.2 Å². The van der Waals surface area contributed by atoms with E-state index >= 15 is 0 Å². The highest BCUT2D eigenvalue weighted by Gasteiger charge is 2.28. The summed E-state index contributed by atoms with van der Waals surface area (Å²) in [5.41, 5.74) is -0.0296. The van der Waals surface area contributed by atoms with E-state index in [-0.39, 0.29) is 17.3 Å². The first-order valence-electron chi connectivity index (χ1n) is 6.21. The van der Waals surface area contributed by atoms with Crippen molar-refractivity contribution in [3.63, 3.8) is 0 Å². The number of rotatable bonds is 3. The third-order valence-corrected chi connectivity index (χ3v) is 3.16. The Bertz CT molecular complexity index is 491. The highest BCUT2D eigenvalue weighted by atomic mass is 19.1. The quantitative estimate of drug-likeness (QED) is 0.675. The van der Waals surface area contributed by atoms with Crippen molar-refractivity contribution in [2.24, 2.45) is 0 Å². The van der Waals surface area contributed by atoms with Crippen LogP contribution in [0.25, 0.3) is 0 Å². The van der Waals surface area contributed by atoms with E-state index in [0.29, 0.717) is 12.3 Å². The molecule has 1 aromatic carbocycles. The van der Waals surface area contributed by atoms with E-state index in [9.17, 15) is 14.5 Å². The van der Waals surface area contributed by atoms with Gasteiger partial charge in [0.05, 0.1) is 16.6 Å². The van der Waals surface area contributed by atoms with Crippen LogP contribution < -0.4 is 5.32 Å². The van der Waals surface area contributed by atoms with Gasteiger partial charge in [-0.3, -0.25) is 10.1 Å². The second kappa shape index (κ2) is 5.13. The van der Waals surface area contributed by atoms with Crippen molar-refractivity contribution in [3.8, 4) is 0 Å². The van der Waals surface area contributed by atoms with E-state index in [2.05, 4.69) is 5.32 Å². The van der Waals surface area contributed by atoms with E-state index in [0.717, 1.165) is 18.9 Å². The Hall–Kier alpha value is -1.69. The van der Waals surface area contributed by atoms with E-state index < -0.39 is 10.7 Å². The van der Waals surface area contributed by atoms with E-state index in [4.69, 9.17) is 4.74 Å². The van der Waals surface area contributed by atoms with Gasteiger partial charge in [-0.2, -0.15) is 0 Å². The molecule has 1 aliphatic heterocycles. The molecule has 1 aromatic rings. The van der Waals surface area contributed by atoms with Crippen LogP contribution in [0.1, 0.15) is 26.7 Å². The van der Waals surface area contributed by atoms with Gasteiger partial charge in [0.1, 0.15) is 5.82 Å². The second-order valence-corrected chi connectivity index (χ2v) is 5.40. The number of ether oxygens (including phenoxy) is 1. The summed E-state index contributed by atoms with van der Waals surface area (Å²) >= 11 is 0. The average Bonchev–Trinajstić information content (AvgIpc) is 2.26. The summed E-state index contributed by atoms with van der Waals surface area (Å²) in [7, 11) is 0. The molecule has 0 aromatic heterocycles. The zero-order chi connectivity index (χ0) is 14.0. The van der Waals surface area contributed by atoms with Crippen LogP contribution in [-0.4, -0.2) is 23.2 Å². The number of anilines is 1. The Morgan fingerprint density at radius 1 is 1.47 bits per heavy atom. The number of nitrogens with one attached hydrogen (secondary N) is 1. The monoisotopic (exact) mass is 268 g/mol. The third kappa shape index (κ3) is 3.64. The Morgan fingerprint density at radius 2 is 2.21 bits per heavy atom. The van der Waals surface area contributed by atoms with Crippen molar-refractivity contribution in [1.29, 1.82) is 0 Å². The molecule has 2 rings (SSSR count). The molecule has 19 heavy (non-hydrogen) atoms. The lowest BCUT2D eigenvalue weighted by Crippen LogP contribution is -2.40. The van der Waals surface area contributed by atoms with Crippen LogP contribution in [0.5, 0.6) is 0 Å². The molecular weight excluding hydrogens is 251 g/mol. The zero-order valence-corrected chi connectivity index (χ0v) is 11.0. The number of hydrogen-bond acceptors (Lipinski definition) is 4. The van der Waals surface area contributed by atoms with Crippen LogP contribution in [-0.2, 0) is 4.74 Å². The summed E-state index contributed by atoms with van der Waals surface area (Å²) in [6.07, 6.45) is 1.57. The highest BCUT2D eigenvalue weighted by Crippen LogP contribution is 2.28. The largest absolute Gasteiger partial charge is 0.382 e. The first-order chi connectivity index (χ1) is 8.85. The fourth-order valence-corrected chi connectivity index (χ4v) is 2.35. The number of benzene rings is 1. The topological polar surface area (TPSA) is 64.4 Å². The van der Waals surface area contributed by atoms with E-state index in [1.54, 1.807) is 0 Å². The molecule has 1 unspecified atom stereocenters. The first kappa shape index (κ1) is 13.7. The summed E-state index contributed by atoms with van der Waals surface area (Å²) in [5, 5.41) is 13.8. The molecule has 1 fully saturated rings. The smallest absolute Gasteiger partial charge is 0.274 e. The normalized spacial score (nSPS) is 21.9. The maximum absolute atomic E-state index is 13.3. The van der Waals surface area contributed by atoms with Gasteiger partial charge in [-0.1, -0.05) is 0 Å². The Balaban J connectivity index is 2.12. The highest BCUT2D eigenvalue weighted by molar-refractivity contribution is 5.52. The number of nitrogens with zero attached hydrogens (tertiary/aromatic N) is 1. The van der Waals surface area contributed by atoms with Crippen molar-refractivity contribution >= 4 is 11.4 Å². The van der Waals surface area contributed by atoms with Gasteiger partial charge in [-0.15, -0.1) is 0 Å². The van der Waals surface area contributed by atoms with Crippen LogP contribution in [0.4, 0.5) is 15.8 Å². The zero-order valence-electron chi connectivity index (χ0n) is 11.0.